The van der Waals surface area contributed by atoms with E-state index in [0.29, 0.717) is 30.6 Å². The number of ether oxygens (including phenoxy) is 2. The summed E-state index contributed by atoms with van der Waals surface area (Å²) in [6.45, 7) is 3.66. The molecule has 36 heavy (non-hydrogen) atoms. The second-order valence-electron chi connectivity index (χ2n) is 8.44. The van der Waals surface area contributed by atoms with Gasteiger partial charge in [-0.2, -0.15) is 0 Å². The molecule has 7 heteroatoms. The van der Waals surface area contributed by atoms with Crippen LogP contribution in [0.1, 0.15) is 18.9 Å². The van der Waals surface area contributed by atoms with E-state index in [1.54, 1.807) is 6.20 Å². The highest BCUT2D eigenvalue weighted by molar-refractivity contribution is 7.85. The van der Waals surface area contributed by atoms with E-state index in [4.69, 9.17) is 21.1 Å². The lowest BCUT2D eigenvalue weighted by atomic mass is 9.99. The lowest BCUT2D eigenvalue weighted by Crippen LogP contribution is -2.03. The van der Waals surface area contributed by atoms with Gasteiger partial charge < -0.3 is 14.5 Å². The monoisotopic (exact) mass is 518 g/mol. The molecule has 2 aromatic heterocycles. The van der Waals surface area contributed by atoms with Crippen LogP contribution in [-0.2, 0) is 22.1 Å². The summed E-state index contributed by atoms with van der Waals surface area (Å²) in [6.07, 6.45) is 2.40. The number of fused-ring (bicyclic) bond motifs is 3. The van der Waals surface area contributed by atoms with Crippen LogP contribution in [0.2, 0.25) is 5.02 Å². The molecule has 0 bridgehead atoms. The highest BCUT2D eigenvalue weighted by atomic mass is 35.5. The summed E-state index contributed by atoms with van der Waals surface area (Å²) in [4.78, 5) is 8.73. The minimum Gasteiger partial charge on any atom is -0.491 e. The van der Waals surface area contributed by atoms with E-state index >= 15 is 0 Å². The van der Waals surface area contributed by atoms with Crippen molar-refractivity contribution in [1.29, 1.82) is 0 Å². The summed E-state index contributed by atoms with van der Waals surface area (Å²) in [5.74, 6) is 1.33. The third kappa shape index (κ3) is 5.31. The van der Waals surface area contributed by atoms with E-state index in [9.17, 15) is 4.21 Å². The maximum atomic E-state index is 12.4. The quantitative estimate of drug-likeness (QED) is 0.199. The fourth-order valence-corrected chi connectivity index (χ4v) is 5.26. The number of rotatable bonds is 10. The number of aromatic amines is 1. The maximum Gasteiger partial charge on any atom is 0.143 e. The van der Waals surface area contributed by atoms with E-state index in [2.05, 4.69) is 22.1 Å². The summed E-state index contributed by atoms with van der Waals surface area (Å²) in [5.41, 5.74) is 4.76. The number of H-pyrrole nitrogens is 1. The summed E-state index contributed by atoms with van der Waals surface area (Å²) < 4.78 is 24.4. The number of hydrogen-bond acceptors (Lipinski definition) is 4. The molecule has 2 heterocycles. The van der Waals surface area contributed by atoms with Gasteiger partial charge in [0.1, 0.15) is 11.4 Å². The lowest BCUT2D eigenvalue weighted by molar-refractivity contribution is 0.107. The summed E-state index contributed by atoms with van der Waals surface area (Å²) >= 11 is 6.31. The molecule has 0 aliphatic heterocycles. The van der Waals surface area contributed by atoms with Crippen LogP contribution < -0.4 is 4.74 Å². The van der Waals surface area contributed by atoms with Crippen molar-refractivity contribution in [3.05, 3.63) is 89.6 Å². The molecule has 0 radical (unpaired) electrons. The SMILES string of the molecule is CCS(=O)c1cccc(-c2ccc(OCCCOCc3ccccc3)c3[nH]c4ncc(Cl)cc4c23)c1. The molecule has 184 valence electrons. The fourth-order valence-electron chi connectivity index (χ4n) is 4.28. The van der Waals surface area contributed by atoms with Crippen LogP contribution in [0, 0.1) is 0 Å². The highest BCUT2D eigenvalue weighted by Crippen LogP contribution is 2.39. The molecule has 3 aromatic carbocycles. The maximum absolute atomic E-state index is 12.4. The van der Waals surface area contributed by atoms with E-state index < -0.39 is 10.8 Å². The van der Waals surface area contributed by atoms with Gasteiger partial charge in [-0.1, -0.05) is 61.0 Å². The van der Waals surface area contributed by atoms with Crippen LogP contribution in [0.15, 0.2) is 83.9 Å². The molecule has 0 amide bonds. The van der Waals surface area contributed by atoms with Crippen molar-refractivity contribution in [2.24, 2.45) is 0 Å². The normalized spacial score (nSPS) is 12.3. The van der Waals surface area contributed by atoms with Gasteiger partial charge in [0.05, 0.1) is 41.2 Å². The average Bonchev–Trinajstić information content (AvgIpc) is 3.30. The number of nitrogens with one attached hydrogen (secondary N) is 1. The van der Waals surface area contributed by atoms with Gasteiger partial charge in [0.2, 0.25) is 0 Å². The number of halogens is 1. The molecule has 0 spiro atoms. The Labute approximate surface area is 217 Å². The van der Waals surface area contributed by atoms with Crippen molar-refractivity contribution in [2.45, 2.75) is 24.8 Å². The fraction of sp³-hybridized carbons (Fsp3) is 0.207. The van der Waals surface area contributed by atoms with Gasteiger partial charge in [0, 0.05) is 34.0 Å². The van der Waals surface area contributed by atoms with Gasteiger partial charge in [-0.05, 0) is 47.0 Å². The predicted octanol–water partition coefficient (Wildman–Crippen LogP) is 7.15. The Kier molecular flexibility index (Phi) is 7.66. The predicted molar refractivity (Wildman–Crippen MR) is 147 cm³/mol. The second kappa shape index (κ2) is 11.2. The van der Waals surface area contributed by atoms with Gasteiger partial charge in [-0.15, -0.1) is 0 Å². The van der Waals surface area contributed by atoms with Crippen molar-refractivity contribution < 1.29 is 13.7 Å². The van der Waals surface area contributed by atoms with Gasteiger partial charge in [-0.3, -0.25) is 4.21 Å². The average molecular weight is 519 g/mol. The van der Waals surface area contributed by atoms with Gasteiger partial charge in [0.25, 0.3) is 0 Å². The second-order valence-corrected chi connectivity index (χ2v) is 10.6. The third-order valence-electron chi connectivity index (χ3n) is 6.01. The summed E-state index contributed by atoms with van der Waals surface area (Å²) in [7, 11) is -1.03. The minimum atomic E-state index is -1.03. The van der Waals surface area contributed by atoms with Gasteiger partial charge in [-0.25, -0.2) is 4.98 Å². The van der Waals surface area contributed by atoms with E-state index in [-0.39, 0.29) is 0 Å². The van der Waals surface area contributed by atoms with Crippen molar-refractivity contribution in [2.75, 3.05) is 19.0 Å². The zero-order chi connectivity index (χ0) is 24.9. The zero-order valence-electron chi connectivity index (χ0n) is 20.0. The Bertz CT molecular complexity index is 1520. The van der Waals surface area contributed by atoms with Crippen molar-refractivity contribution in [1.82, 2.24) is 9.97 Å². The van der Waals surface area contributed by atoms with Crippen LogP contribution in [0.25, 0.3) is 33.1 Å². The van der Waals surface area contributed by atoms with Crippen LogP contribution in [0.5, 0.6) is 5.75 Å². The Hall–Kier alpha value is -3.19. The first-order chi connectivity index (χ1) is 17.6. The first-order valence-electron chi connectivity index (χ1n) is 12.0. The Morgan fingerprint density at radius 1 is 1.00 bits per heavy atom. The van der Waals surface area contributed by atoms with Crippen LogP contribution in [0.4, 0.5) is 0 Å². The number of hydrogen-bond donors (Lipinski definition) is 1. The van der Waals surface area contributed by atoms with Crippen molar-refractivity contribution in [3.8, 4) is 16.9 Å². The van der Waals surface area contributed by atoms with E-state index in [1.807, 2.05) is 67.6 Å². The molecule has 0 saturated heterocycles. The molecule has 5 aromatic rings. The van der Waals surface area contributed by atoms with Crippen molar-refractivity contribution in [3.63, 3.8) is 0 Å². The smallest absolute Gasteiger partial charge is 0.143 e. The largest absolute Gasteiger partial charge is 0.491 e. The lowest BCUT2D eigenvalue weighted by Gasteiger charge is -2.12. The van der Waals surface area contributed by atoms with Crippen molar-refractivity contribution >= 4 is 44.3 Å². The van der Waals surface area contributed by atoms with Crippen LogP contribution in [-0.4, -0.2) is 33.1 Å². The van der Waals surface area contributed by atoms with Gasteiger partial charge in [0.15, 0.2) is 0 Å². The molecule has 5 nitrogen and oxygen atoms in total. The number of pyridine rings is 1. The topological polar surface area (TPSA) is 64.2 Å². The third-order valence-corrected chi connectivity index (χ3v) is 7.52. The Morgan fingerprint density at radius 3 is 2.69 bits per heavy atom. The van der Waals surface area contributed by atoms with Crippen LogP contribution >= 0.6 is 11.6 Å². The first kappa shape index (κ1) is 24.5. The van der Waals surface area contributed by atoms with Crippen LogP contribution in [0.3, 0.4) is 0 Å². The Morgan fingerprint density at radius 2 is 1.86 bits per heavy atom. The summed E-state index contributed by atoms with van der Waals surface area (Å²) in [5, 5.41) is 2.47. The molecule has 1 atom stereocenters. The van der Waals surface area contributed by atoms with E-state index in [0.717, 1.165) is 55.7 Å². The molecule has 1 unspecified atom stereocenters. The minimum absolute atomic E-state index is 0.526. The zero-order valence-corrected chi connectivity index (χ0v) is 21.6. The molecule has 0 aliphatic rings. The molecule has 0 fully saturated rings. The number of aromatic nitrogens is 2. The molecule has 1 N–H and O–H groups in total. The number of nitrogens with zero attached hydrogens (tertiary/aromatic N) is 1. The highest BCUT2D eigenvalue weighted by Gasteiger charge is 2.17. The number of benzene rings is 3. The summed E-state index contributed by atoms with van der Waals surface area (Å²) in [6, 6.07) is 24.0. The van der Waals surface area contributed by atoms with E-state index in [1.165, 1.54) is 0 Å². The molecular weight excluding hydrogens is 492 g/mol. The molecular formula is C29H27ClN2O3S. The van der Waals surface area contributed by atoms with Gasteiger partial charge >= 0.3 is 0 Å². The first-order valence-corrected chi connectivity index (χ1v) is 13.7. The molecule has 0 aliphatic carbocycles. The molecule has 5 rings (SSSR count). The molecule has 0 saturated carbocycles. The standard InChI is InChI=1S/C29H27ClN2O3S/c1-2-36(33)23-11-6-10-21(16-23)24-12-13-26(28-27(24)25-17-22(30)18-31-29(25)32-28)35-15-7-14-34-19-20-8-4-3-5-9-20/h3-6,8-13,16-18H,2,7,14-15,19H2,1H3,(H,31,32). The Balaban J connectivity index is 1.41.